The number of benzene rings is 1. The number of aliphatic imine (C=N–C) groups is 1. The molecule has 13 nitrogen and oxygen atoms in total. The number of unbranched alkanes of at least 4 members (excludes halogenated alkanes) is 2. The number of nitrogens with two attached hydrogens (primary N) is 4. The van der Waals surface area contributed by atoms with Gasteiger partial charge in [-0.15, -0.1) is 0 Å². The SMILES string of the molecule is C=C(C)/C(C[C@@H](NC(=O)[C@@H](N)CCCCN=C(N)N)C(=O)N[C@H](CCCCN)c1nc(Cc2ccccc2)no1)=C(C)\C=C(/C)O. The van der Waals surface area contributed by atoms with E-state index < -0.39 is 29.9 Å². The molecule has 13 heteroatoms. The first-order valence-electron chi connectivity index (χ1n) is 15.6. The van der Waals surface area contributed by atoms with Crippen molar-refractivity contribution in [2.45, 2.75) is 90.3 Å². The highest BCUT2D eigenvalue weighted by Crippen LogP contribution is 2.23. The van der Waals surface area contributed by atoms with E-state index in [-0.39, 0.29) is 24.0 Å². The molecule has 3 atom stereocenters. The lowest BCUT2D eigenvalue weighted by Crippen LogP contribution is -2.52. The summed E-state index contributed by atoms with van der Waals surface area (Å²) >= 11 is 0. The lowest BCUT2D eigenvalue weighted by Gasteiger charge is -2.25. The number of aliphatic hydroxyl groups excluding tert-OH is 1. The second kappa shape index (κ2) is 19.8. The molecule has 0 radical (unpaired) electrons. The minimum absolute atomic E-state index is 0.00748. The topological polar surface area (TPSA) is 234 Å². The smallest absolute Gasteiger partial charge is 0.249 e. The molecule has 0 saturated carbocycles. The van der Waals surface area contributed by atoms with Crippen molar-refractivity contribution in [3.63, 3.8) is 0 Å². The van der Waals surface area contributed by atoms with Gasteiger partial charge in [0.2, 0.25) is 17.7 Å². The first-order valence-corrected chi connectivity index (χ1v) is 15.6. The van der Waals surface area contributed by atoms with Crippen molar-refractivity contribution in [3.05, 3.63) is 82.7 Å². The Bertz CT molecular complexity index is 1360. The van der Waals surface area contributed by atoms with E-state index in [1.54, 1.807) is 19.9 Å². The summed E-state index contributed by atoms with van der Waals surface area (Å²) in [7, 11) is 0. The first kappa shape index (κ1) is 37.7. The maximum Gasteiger partial charge on any atom is 0.249 e. The molecule has 0 aliphatic carbocycles. The molecule has 2 rings (SSSR count). The predicted molar refractivity (Wildman–Crippen MR) is 180 cm³/mol. The number of nitrogens with one attached hydrogen (secondary N) is 2. The van der Waals surface area contributed by atoms with Crippen molar-refractivity contribution in [2.24, 2.45) is 27.9 Å². The normalized spacial score (nSPS) is 14.1. The van der Waals surface area contributed by atoms with Crippen LogP contribution in [0.15, 0.2) is 75.0 Å². The molecule has 0 unspecified atom stereocenters. The van der Waals surface area contributed by atoms with E-state index in [2.05, 4.69) is 32.3 Å². The molecule has 2 amide bonds. The highest BCUT2D eigenvalue weighted by atomic mass is 16.5. The highest BCUT2D eigenvalue weighted by molar-refractivity contribution is 5.90. The third-order valence-corrected chi connectivity index (χ3v) is 7.26. The number of guanidine groups is 1. The quantitative estimate of drug-likeness (QED) is 0.0368. The van der Waals surface area contributed by atoms with E-state index in [9.17, 15) is 14.7 Å². The molecule has 0 aliphatic heterocycles. The monoisotopic (exact) mass is 637 g/mol. The Hall–Kier alpha value is -4.49. The Morgan fingerprint density at radius 3 is 2.37 bits per heavy atom. The van der Waals surface area contributed by atoms with E-state index in [4.69, 9.17) is 27.5 Å². The number of aromatic nitrogens is 2. The molecular weight excluding hydrogens is 586 g/mol. The number of rotatable bonds is 20. The zero-order valence-corrected chi connectivity index (χ0v) is 27.3. The van der Waals surface area contributed by atoms with Gasteiger partial charge in [-0.25, -0.2) is 0 Å². The van der Waals surface area contributed by atoms with Gasteiger partial charge in [-0.3, -0.25) is 14.6 Å². The number of hydrogen-bond donors (Lipinski definition) is 7. The number of allylic oxidation sites excluding steroid dienone is 4. The van der Waals surface area contributed by atoms with Crippen LogP contribution >= 0.6 is 0 Å². The molecule has 1 heterocycles. The molecule has 11 N–H and O–H groups in total. The maximum atomic E-state index is 13.9. The van der Waals surface area contributed by atoms with Gasteiger partial charge in [0.25, 0.3) is 0 Å². The van der Waals surface area contributed by atoms with Crippen LogP contribution in [0.1, 0.15) is 89.0 Å². The highest BCUT2D eigenvalue weighted by Gasteiger charge is 2.29. The molecule has 252 valence electrons. The van der Waals surface area contributed by atoms with Crippen molar-refractivity contribution in [1.82, 2.24) is 20.8 Å². The second-order valence-electron chi connectivity index (χ2n) is 11.5. The molecule has 0 spiro atoms. The van der Waals surface area contributed by atoms with E-state index >= 15 is 0 Å². The van der Waals surface area contributed by atoms with Crippen LogP contribution < -0.4 is 33.6 Å². The van der Waals surface area contributed by atoms with E-state index in [0.717, 1.165) is 12.0 Å². The maximum absolute atomic E-state index is 13.9. The number of nitrogens with zero attached hydrogens (tertiary/aromatic N) is 3. The van der Waals surface area contributed by atoms with Crippen LogP contribution in [0.3, 0.4) is 0 Å². The predicted octanol–water partition coefficient (Wildman–Crippen LogP) is 2.95. The lowest BCUT2D eigenvalue weighted by molar-refractivity contribution is -0.130. The Morgan fingerprint density at radius 1 is 1.04 bits per heavy atom. The second-order valence-corrected chi connectivity index (χ2v) is 11.5. The molecule has 0 fully saturated rings. The molecule has 46 heavy (non-hydrogen) atoms. The largest absolute Gasteiger partial charge is 0.513 e. The molecular formula is C33H51N9O4. The Labute approximate surface area is 271 Å². The zero-order valence-electron chi connectivity index (χ0n) is 27.3. The van der Waals surface area contributed by atoms with Crippen LogP contribution in [0.5, 0.6) is 0 Å². The van der Waals surface area contributed by atoms with Gasteiger partial charge in [0.05, 0.1) is 11.8 Å². The van der Waals surface area contributed by atoms with Gasteiger partial charge in [-0.05, 0) is 88.6 Å². The Kier molecular flexibility index (Phi) is 16.2. The molecule has 0 aliphatic rings. The third-order valence-electron chi connectivity index (χ3n) is 7.26. The van der Waals surface area contributed by atoms with Crippen molar-refractivity contribution < 1.29 is 19.2 Å². The molecule has 2 aromatic rings. The summed E-state index contributed by atoms with van der Waals surface area (Å²) < 4.78 is 5.61. The zero-order chi connectivity index (χ0) is 34.1. The van der Waals surface area contributed by atoms with Crippen LogP contribution in [0, 0.1) is 0 Å². The molecule has 0 bridgehead atoms. The van der Waals surface area contributed by atoms with Crippen LogP contribution in [-0.2, 0) is 16.0 Å². The lowest BCUT2D eigenvalue weighted by atomic mass is 9.94. The molecule has 1 aromatic heterocycles. The standard InChI is InChI=1S/C33H51N9O4/c1-21(2)25(22(3)18-23(4)43)20-28(40-30(44)26(35)14-9-11-17-38-33(36)37)31(45)39-27(15-8-10-16-34)32-41-29(42-46-32)19-24-12-6-5-7-13-24/h5-7,12-13,18,26-28,43H,1,8-11,14-17,19-20,34-35H2,2-4H3,(H,39,45)(H,40,44)(H4,36,37,38)/b23-18+,25-22-/t26-,27+,28+/m0/s1. The van der Waals surface area contributed by atoms with Crippen LogP contribution in [0.25, 0.3) is 0 Å². The van der Waals surface area contributed by atoms with E-state index in [1.165, 1.54) is 0 Å². The summed E-state index contributed by atoms with van der Waals surface area (Å²) in [6, 6.07) is 7.27. The Morgan fingerprint density at radius 2 is 1.74 bits per heavy atom. The number of carbonyl (C=O) groups is 2. The number of aliphatic hydroxyl groups is 1. The van der Waals surface area contributed by atoms with E-state index in [0.29, 0.717) is 74.2 Å². The van der Waals surface area contributed by atoms with Gasteiger partial charge in [-0.1, -0.05) is 47.6 Å². The minimum atomic E-state index is -1.02. The van der Waals surface area contributed by atoms with Gasteiger partial charge < -0.3 is 43.2 Å². The van der Waals surface area contributed by atoms with Crippen LogP contribution in [-0.4, -0.2) is 58.2 Å². The van der Waals surface area contributed by atoms with Gasteiger partial charge in [0, 0.05) is 19.4 Å². The minimum Gasteiger partial charge on any atom is -0.513 e. The van der Waals surface area contributed by atoms with Crippen molar-refractivity contribution in [2.75, 3.05) is 13.1 Å². The summed E-state index contributed by atoms with van der Waals surface area (Å²) in [5.41, 5.74) is 25.8. The van der Waals surface area contributed by atoms with Gasteiger partial charge in [0.15, 0.2) is 11.8 Å². The van der Waals surface area contributed by atoms with Crippen molar-refractivity contribution in [1.29, 1.82) is 0 Å². The number of hydrogen-bond acceptors (Lipinski definition) is 9. The summed E-state index contributed by atoms with van der Waals surface area (Å²) in [5.74, 6) is -0.0594. The Balaban J connectivity index is 2.31. The van der Waals surface area contributed by atoms with Gasteiger partial charge in [-0.2, -0.15) is 4.98 Å². The summed E-state index contributed by atoms with van der Waals surface area (Å²) in [4.78, 5) is 35.7. The molecule has 0 saturated heterocycles. The average Bonchev–Trinajstić information content (AvgIpc) is 3.46. The third kappa shape index (κ3) is 13.7. The summed E-state index contributed by atoms with van der Waals surface area (Å²) in [5, 5.41) is 19.9. The summed E-state index contributed by atoms with van der Waals surface area (Å²) in [6.45, 7) is 10.2. The van der Waals surface area contributed by atoms with Gasteiger partial charge >= 0.3 is 0 Å². The van der Waals surface area contributed by atoms with Crippen LogP contribution in [0.2, 0.25) is 0 Å². The van der Waals surface area contributed by atoms with Gasteiger partial charge in [0.1, 0.15) is 12.1 Å². The number of amides is 2. The van der Waals surface area contributed by atoms with E-state index in [1.807, 2.05) is 37.3 Å². The summed E-state index contributed by atoms with van der Waals surface area (Å²) in [6.07, 6.45) is 5.76. The number of carbonyl (C=O) groups excluding carboxylic acids is 2. The fourth-order valence-electron chi connectivity index (χ4n) is 4.86. The van der Waals surface area contributed by atoms with Crippen LogP contribution in [0.4, 0.5) is 0 Å². The fraction of sp³-hybridized carbons (Fsp3) is 0.485. The fourth-order valence-corrected chi connectivity index (χ4v) is 4.86. The first-order chi connectivity index (χ1) is 21.9. The molecule has 1 aromatic carbocycles. The van der Waals surface area contributed by atoms with Crippen molar-refractivity contribution in [3.8, 4) is 0 Å². The average molecular weight is 638 g/mol. The van der Waals surface area contributed by atoms with Crippen molar-refractivity contribution >= 4 is 17.8 Å².